The molecule has 1 aromatic rings. The third-order valence-corrected chi connectivity index (χ3v) is 5.53. The van der Waals surface area contributed by atoms with Crippen molar-refractivity contribution < 1.29 is 28.5 Å². The zero-order valence-electron chi connectivity index (χ0n) is 24.6. The van der Waals surface area contributed by atoms with Crippen LogP contribution in [-0.4, -0.2) is 74.8 Å². The molecule has 0 spiro atoms. The summed E-state index contributed by atoms with van der Waals surface area (Å²) in [5.41, 5.74) is 6.57. The van der Waals surface area contributed by atoms with Crippen molar-refractivity contribution in [1.82, 2.24) is 10.2 Å². The number of ether oxygens (including phenoxy) is 4. The van der Waals surface area contributed by atoms with Crippen LogP contribution in [0.4, 0.5) is 4.79 Å². The van der Waals surface area contributed by atoms with Crippen LogP contribution in [0.25, 0.3) is 0 Å². The molecule has 218 valence electrons. The zero-order chi connectivity index (χ0) is 28.6. The lowest BCUT2D eigenvalue weighted by Gasteiger charge is -2.30. The maximum Gasteiger partial charge on any atom is 0.407 e. The predicted molar refractivity (Wildman–Crippen MR) is 150 cm³/mol. The van der Waals surface area contributed by atoms with E-state index in [0.29, 0.717) is 64.6 Å². The average Bonchev–Trinajstić information content (AvgIpc) is 2.84. The zero-order valence-corrected chi connectivity index (χ0v) is 24.6. The number of carbonyl (C=O) groups excluding carboxylic acids is 2. The van der Waals surface area contributed by atoms with E-state index >= 15 is 0 Å². The first-order chi connectivity index (χ1) is 18.0. The molecule has 0 saturated carbocycles. The van der Waals surface area contributed by atoms with Gasteiger partial charge in [0.2, 0.25) is 5.91 Å². The standard InChI is InChI=1S/C29H51N3O6/c1-8-35-26(36-9-2)20-32(17-11-10-16-31-28(34)38-29(5,6)7)27(33)24(19-30)18-23-12-14-25(15-13-23)37-21-22(3)4/h12-15,22,24,26H,8-11,16-21,30H2,1-7H3,(H,31,34)/t24-/m1/s1. The summed E-state index contributed by atoms with van der Waals surface area (Å²) in [6, 6.07) is 7.85. The number of nitrogens with two attached hydrogens (primary N) is 1. The number of unbranched alkanes of at least 4 members (excludes halogenated alkanes) is 1. The Hall–Kier alpha value is -2.36. The molecule has 1 aromatic carbocycles. The van der Waals surface area contributed by atoms with Crippen LogP contribution in [0.15, 0.2) is 24.3 Å². The highest BCUT2D eigenvalue weighted by Crippen LogP contribution is 2.18. The predicted octanol–water partition coefficient (Wildman–Crippen LogP) is 4.37. The maximum absolute atomic E-state index is 13.6. The highest BCUT2D eigenvalue weighted by molar-refractivity contribution is 5.79. The van der Waals surface area contributed by atoms with E-state index in [0.717, 1.165) is 11.3 Å². The minimum Gasteiger partial charge on any atom is -0.493 e. The number of hydrogen-bond donors (Lipinski definition) is 2. The number of rotatable bonds is 18. The molecule has 0 radical (unpaired) electrons. The minimum atomic E-state index is -0.542. The van der Waals surface area contributed by atoms with Crippen LogP contribution in [0.3, 0.4) is 0 Å². The van der Waals surface area contributed by atoms with E-state index in [-0.39, 0.29) is 18.4 Å². The van der Waals surface area contributed by atoms with Gasteiger partial charge in [-0.1, -0.05) is 26.0 Å². The number of carbonyl (C=O) groups is 2. The molecule has 0 aliphatic heterocycles. The molecule has 0 aromatic heterocycles. The quantitative estimate of drug-likeness (QED) is 0.211. The van der Waals surface area contributed by atoms with Crippen LogP contribution in [0.5, 0.6) is 5.75 Å². The van der Waals surface area contributed by atoms with E-state index in [1.165, 1.54) is 0 Å². The van der Waals surface area contributed by atoms with Crippen molar-refractivity contribution in [3.63, 3.8) is 0 Å². The van der Waals surface area contributed by atoms with Crippen molar-refractivity contribution in [3.8, 4) is 5.75 Å². The van der Waals surface area contributed by atoms with Gasteiger partial charge in [0.05, 0.1) is 19.1 Å². The lowest BCUT2D eigenvalue weighted by molar-refractivity contribution is -0.161. The molecule has 0 saturated heterocycles. The number of alkyl carbamates (subject to hydrolysis) is 1. The average molecular weight is 538 g/mol. The van der Waals surface area contributed by atoms with Gasteiger partial charge >= 0.3 is 6.09 Å². The van der Waals surface area contributed by atoms with E-state index in [9.17, 15) is 9.59 Å². The van der Waals surface area contributed by atoms with Gasteiger partial charge in [-0.15, -0.1) is 0 Å². The van der Waals surface area contributed by atoms with Crippen LogP contribution < -0.4 is 15.8 Å². The molecule has 0 aliphatic carbocycles. The minimum absolute atomic E-state index is 0.0304. The summed E-state index contributed by atoms with van der Waals surface area (Å²) < 4.78 is 22.5. The van der Waals surface area contributed by atoms with E-state index in [1.807, 2.05) is 58.9 Å². The molecule has 9 heteroatoms. The highest BCUT2D eigenvalue weighted by Gasteiger charge is 2.26. The molecular weight excluding hydrogens is 486 g/mol. The summed E-state index contributed by atoms with van der Waals surface area (Å²) in [4.78, 5) is 27.3. The molecule has 2 amide bonds. The van der Waals surface area contributed by atoms with Gasteiger partial charge < -0.3 is 34.9 Å². The lowest BCUT2D eigenvalue weighted by Crippen LogP contribution is -2.45. The fourth-order valence-corrected chi connectivity index (χ4v) is 3.73. The second-order valence-electron chi connectivity index (χ2n) is 10.7. The molecule has 1 atom stereocenters. The molecule has 38 heavy (non-hydrogen) atoms. The summed E-state index contributed by atoms with van der Waals surface area (Å²) >= 11 is 0. The molecule has 0 bridgehead atoms. The van der Waals surface area contributed by atoms with Gasteiger partial charge in [0.25, 0.3) is 0 Å². The van der Waals surface area contributed by atoms with Gasteiger partial charge in [0.1, 0.15) is 11.4 Å². The molecular formula is C29H51N3O6. The third-order valence-electron chi connectivity index (χ3n) is 5.53. The number of benzene rings is 1. The van der Waals surface area contributed by atoms with Crippen LogP contribution in [0.1, 0.15) is 66.9 Å². The van der Waals surface area contributed by atoms with Gasteiger partial charge in [-0.05, 0) is 77.5 Å². The Bertz CT molecular complexity index is 788. The Morgan fingerprint density at radius 3 is 2.18 bits per heavy atom. The van der Waals surface area contributed by atoms with Crippen molar-refractivity contribution in [1.29, 1.82) is 0 Å². The molecule has 0 unspecified atom stereocenters. The normalized spacial score (nSPS) is 12.5. The van der Waals surface area contributed by atoms with E-state index in [2.05, 4.69) is 19.2 Å². The second-order valence-corrected chi connectivity index (χ2v) is 10.7. The monoisotopic (exact) mass is 537 g/mol. The topological polar surface area (TPSA) is 112 Å². The van der Waals surface area contributed by atoms with Crippen LogP contribution >= 0.6 is 0 Å². The number of nitrogens with one attached hydrogen (secondary N) is 1. The fourth-order valence-electron chi connectivity index (χ4n) is 3.73. The van der Waals surface area contributed by atoms with Crippen LogP contribution in [0.2, 0.25) is 0 Å². The summed E-state index contributed by atoms with van der Waals surface area (Å²) in [5.74, 6) is 0.861. The van der Waals surface area contributed by atoms with Crippen molar-refractivity contribution in [2.75, 3.05) is 46.0 Å². The van der Waals surface area contributed by atoms with Crippen molar-refractivity contribution in [2.45, 2.75) is 79.6 Å². The molecule has 3 N–H and O–H groups in total. The summed E-state index contributed by atoms with van der Waals surface area (Å²) in [6.45, 7) is 16.6. The Labute approximate surface area is 229 Å². The number of hydrogen-bond acceptors (Lipinski definition) is 7. The highest BCUT2D eigenvalue weighted by atomic mass is 16.7. The molecule has 0 heterocycles. The summed E-state index contributed by atoms with van der Waals surface area (Å²) in [6.07, 6.45) is 0.977. The molecule has 0 fully saturated rings. The van der Waals surface area contributed by atoms with Crippen molar-refractivity contribution in [2.24, 2.45) is 17.6 Å². The number of amides is 2. The first-order valence-electron chi connectivity index (χ1n) is 13.9. The smallest absolute Gasteiger partial charge is 0.407 e. The Kier molecular flexibility index (Phi) is 16.0. The largest absolute Gasteiger partial charge is 0.493 e. The third kappa shape index (κ3) is 14.5. The number of nitrogens with zero attached hydrogens (tertiary/aromatic N) is 1. The molecule has 1 rings (SSSR count). The SMILES string of the molecule is CCOC(CN(CCCCNC(=O)OC(C)(C)C)C(=O)[C@@H](CN)Cc1ccc(OCC(C)C)cc1)OCC. The fraction of sp³-hybridized carbons (Fsp3) is 0.724. The van der Waals surface area contributed by atoms with E-state index in [4.69, 9.17) is 24.7 Å². The Morgan fingerprint density at radius 2 is 1.66 bits per heavy atom. The van der Waals surface area contributed by atoms with Gasteiger partial charge in [-0.25, -0.2) is 4.79 Å². The van der Waals surface area contributed by atoms with Crippen molar-refractivity contribution in [3.05, 3.63) is 29.8 Å². The van der Waals surface area contributed by atoms with Crippen molar-refractivity contribution >= 4 is 12.0 Å². The first-order valence-corrected chi connectivity index (χ1v) is 13.9. The van der Waals surface area contributed by atoms with Gasteiger partial charge in [-0.2, -0.15) is 0 Å². The lowest BCUT2D eigenvalue weighted by atomic mass is 9.97. The second kappa shape index (κ2) is 18.0. The first kappa shape index (κ1) is 33.7. The van der Waals surface area contributed by atoms with Crippen LogP contribution in [0, 0.1) is 11.8 Å². The van der Waals surface area contributed by atoms with Gasteiger partial charge in [-0.3, -0.25) is 4.79 Å². The Morgan fingerprint density at radius 1 is 1.03 bits per heavy atom. The molecule has 9 nitrogen and oxygen atoms in total. The maximum atomic E-state index is 13.6. The Balaban J connectivity index is 2.80. The summed E-state index contributed by atoms with van der Waals surface area (Å²) in [5, 5.41) is 2.77. The van der Waals surface area contributed by atoms with E-state index in [1.54, 1.807) is 4.90 Å². The van der Waals surface area contributed by atoms with Gasteiger partial charge in [0, 0.05) is 32.8 Å². The summed E-state index contributed by atoms with van der Waals surface area (Å²) in [7, 11) is 0. The van der Waals surface area contributed by atoms with Gasteiger partial charge in [0.15, 0.2) is 6.29 Å². The van der Waals surface area contributed by atoms with Crippen LogP contribution in [-0.2, 0) is 25.4 Å². The molecule has 0 aliphatic rings. The van der Waals surface area contributed by atoms with E-state index < -0.39 is 18.0 Å².